The van der Waals surface area contributed by atoms with Crippen molar-refractivity contribution in [3.8, 4) is 0 Å². The van der Waals surface area contributed by atoms with Crippen molar-refractivity contribution in [3.05, 3.63) is 28.2 Å². The normalized spacial score (nSPS) is 10.7. The third kappa shape index (κ3) is 2.50. The van der Waals surface area contributed by atoms with Gasteiger partial charge in [0.2, 0.25) is 0 Å². The molecule has 0 atom stereocenters. The van der Waals surface area contributed by atoms with Crippen LogP contribution < -0.4 is 5.73 Å². The van der Waals surface area contributed by atoms with Crippen molar-refractivity contribution in [2.24, 2.45) is 0 Å². The van der Waals surface area contributed by atoms with Crippen molar-refractivity contribution in [1.82, 2.24) is 4.90 Å². The van der Waals surface area contributed by atoms with Crippen LogP contribution in [0.5, 0.6) is 0 Å². The lowest BCUT2D eigenvalue weighted by Crippen LogP contribution is -2.12. The van der Waals surface area contributed by atoms with Crippen LogP contribution in [0, 0.1) is 0 Å². The van der Waals surface area contributed by atoms with E-state index >= 15 is 0 Å². The van der Waals surface area contributed by atoms with Crippen molar-refractivity contribution in [3.63, 3.8) is 0 Å². The molecule has 0 saturated carbocycles. The Morgan fingerprint density at radius 2 is 2.08 bits per heavy atom. The van der Waals surface area contributed by atoms with E-state index in [4.69, 9.17) is 5.73 Å². The topological polar surface area (TPSA) is 29.3 Å². The number of nitrogens with zero attached hydrogens (tertiary/aromatic N) is 1. The van der Waals surface area contributed by atoms with E-state index in [1.807, 2.05) is 26.2 Å². The molecule has 0 aromatic heterocycles. The SMILES string of the molecule is CN(C)Cc1cc(Br)ccc1N. The van der Waals surface area contributed by atoms with E-state index in [0.717, 1.165) is 22.3 Å². The van der Waals surface area contributed by atoms with E-state index in [0.29, 0.717) is 0 Å². The maximum atomic E-state index is 5.79. The summed E-state index contributed by atoms with van der Waals surface area (Å²) in [6.45, 7) is 0.880. The number of halogens is 1. The standard InChI is InChI=1S/C9H13BrN2/c1-12(2)6-7-5-8(10)3-4-9(7)11/h3-5H,6,11H2,1-2H3. The van der Waals surface area contributed by atoms with Crippen LogP contribution in [0.4, 0.5) is 5.69 Å². The number of anilines is 1. The van der Waals surface area contributed by atoms with Gasteiger partial charge in [0, 0.05) is 16.7 Å². The predicted octanol–water partition coefficient (Wildman–Crippen LogP) is 2.09. The first-order valence-corrected chi connectivity index (χ1v) is 4.57. The van der Waals surface area contributed by atoms with Crippen LogP contribution >= 0.6 is 15.9 Å². The van der Waals surface area contributed by atoms with Crippen LogP contribution in [-0.4, -0.2) is 19.0 Å². The van der Waals surface area contributed by atoms with Gasteiger partial charge in [-0.1, -0.05) is 15.9 Å². The summed E-state index contributed by atoms with van der Waals surface area (Å²) in [5.74, 6) is 0. The van der Waals surface area contributed by atoms with Crippen molar-refractivity contribution in [2.45, 2.75) is 6.54 Å². The van der Waals surface area contributed by atoms with E-state index in [2.05, 4.69) is 26.9 Å². The van der Waals surface area contributed by atoms with E-state index in [1.54, 1.807) is 0 Å². The molecule has 2 N–H and O–H groups in total. The molecule has 0 radical (unpaired) electrons. The average Bonchev–Trinajstić information content (AvgIpc) is 1.96. The predicted molar refractivity (Wildman–Crippen MR) is 55.9 cm³/mol. The molecule has 0 aliphatic heterocycles. The van der Waals surface area contributed by atoms with Gasteiger partial charge in [0.1, 0.15) is 0 Å². The maximum Gasteiger partial charge on any atom is 0.0360 e. The van der Waals surface area contributed by atoms with Crippen LogP contribution in [-0.2, 0) is 6.54 Å². The summed E-state index contributed by atoms with van der Waals surface area (Å²) in [5.41, 5.74) is 7.81. The highest BCUT2D eigenvalue weighted by atomic mass is 79.9. The van der Waals surface area contributed by atoms with Crippen LogP contribution in [0.3, 0.4) is 0 Å². The molecule has 0 heterocycles. The first-order valence-electron chi connectivity index (χ1n) is 3.78. The first-order chi connectivity index (χ1) is 5.59. The fourth-order valence-corrected chi connectivity index (χ4v) is 1.46. The first kappa shape index (κ1) is 9.55. The molecule has 66 valence electrons. The third-order valence-corrected chi connectivity index (χ3v) is 2.08. The molecule has 12 heavy (non-hydrogen) atoms. The number of nitrogen functional groups attached to an aromatic ring is 1. The largest absolute Gasteiger partial charge is 0.398 e. The Hall–Kier alpha value is -0.540. The van der Waals surface area contributed by atoms with E-state index in [9.17, 15) is 0 Å². The Labute approximate surface area is 81.5 Å². The molecule has 0 aliphatic rings. The molecule has 0 spiro atoms. The zero-order valence-corrected chi connectivity index (χ0v) is 8.93. The highest BCUT2D eigenvalue weighted by molar-refractivity contribution is 9.10. The van der Waals surface area contributed by atoms with Gasteiger partial charge in [0.15, 0.2) is 0 Å². The van der Waals surface area contributed by atoms with Gasteiger partial charge in [0.05, 0.1) is 0 Å². The van der Waals surface area contributed by atoms with Gasteiger partial charge in [-0.3, -0.25) is 0 Å². The lowest BCUT2D eigenvalue weighted by molar-refractivity contribution is 0.403. The molecule has 0 saturated heterocycles. The minimum atomic E-state index is 0.854. The van der Waals surface area contributed by atoms with Crippen molar-refractivity contribution >= 4 is 21.6 Å². The monoisotopic (exact) mass is 228 g/mol. The number of rotatable bonds is 2. The second kappa shape index (κ2) is 3.92. The summed E-state index contributed by atoms with van der Waals surface area (Å²) in [4.78, 5) is 2.10. The summed E-state index contributed by atoms with van der Waals surface area (Å²) >= 11 is 3.41. The van der Waals surface area contributed by atoms with E-state index < -0.39 is 0 Å². The van der Waals surface area contributed by atoms with E-state index in [1.165, 1.54) is 0 Å². The Morgan fingerprint density at radius 3 is 2.67 bits per heavy atom. The van der Waals surface area contributed by atoms with Crippen molar-refractivity contribution in [1.29, 1.82) is 0 Å². The highest BCUT2D eigenvalue weighted by Crippen LogP contribution is 2.19. The van der Waals surface area contributed by atoms with Crippen molar-refractivity contribution < 1.29 is 0 Å². The second-order valence-corrected chi connectivity index (χ2v) is 4.00. The fourth-order valence-electron chi connectivity index (χ4n) is 1.05. The average molecular weight is 229 g/mol. The lowest BCUT2D eigenvalue weighted by atomic mass is 10.2. The Kier molecular flexibility index (Phi) is 3.12. The smallest absolute Gasteiger partial charge is 0.0360 e. The minimum absolute atomic E-state index is 0.854. The molecular weight excluding hydrogens is 216 g/mol. The molecule has 1 aromatic rings. The number of hydrogen-bond donors (Lipinski definition) is 1. The van der Waals surface area contributed by atoms with E-state index in [-0.39, 0.29) is 0 Å². The summed E-state index contributed by atoms with van der Waals surface area (Å²) in [5, 5.41) is 0. The van der Waals surface area contributed by atoms with Crippen molar-refractivity contribution in [2.75, 3.05) is 19.8 Å². The molecule has 0 aliphatic carbocycles. The van der Waals surface area contributed by atoms with Gasteiger partial charge >= 0.3 is 0 Å². The molecule has 3 heteroatoms. The molecule has 0 unspecified atom stereocenters. The van der Waals surface area contributed by atoms with Crippen LogP contribution in [0.25, 0.3) is 0 Å². The number of benzene rings is 1. The van der Waals surface area contributed by atoms with Crippen LogP contribution in [0.15, 0.2) is 22.7 Å². The fraction of sp³-hybridized carbons (Fsp3) is 0.333. The summed E-state index contributed by atoms with van der Waals surface area (Å²) in [6.07, 6.45) is 0. The summed E-state index contributed by atoms with van der Waals surface area (Å²) in [7, 11) is 4.06. The Bertz CT molecular complexity index is 271. The maximum absolute atomic E-state index is 5.79. The highest BCUT2D eigenvalue weighted by Gasteiger charge is 2.00. The van der Waals surface area contributed by atoms with Gasteiger partial charge in [-0.15, -0.1) is 0 Å². The molecule has 1 aromatic carbocycles. The zero-order valence-electron chi connectivity index (χ0n) is 7.34. The Morgan fingerprint density at radius 1 is 1.42 bits per heavy atom. The molecule has 2 nitrogen and oxygen atoms in total. The minimum Gasteiger partial charge on any atom is -0.398 e. The van der Waals surface area contributed by atoms with Gasteiger partial charge in [-0.05, 0) is 37.9 Å². The molecule has 0 bridgehead atoms. The van der Waals surface area contributed by atoms with Gasteiger partial charge < -0.3 is 10.6 Å². The third-order valence-electron chi connectivity index (χ3n) is 1.59. The van der Waals surface area contributed by atoms with Gasteiger partial charge in [-0.25, -0.2) is 0 Å². The summed E-state index contributed by atoms with van der Waals surface area (Å²) in [6, 6.07) is 5.92. The van der Waals surface area contributed by atoms with Gasteiger partial charge in [-0.2, -0.15) is 0 Å². The second-order valence-electron chi connectivity index (χ2n) is 3.08. The Balaban J connectivity index is 2.90. The van der Waals surface area contributed by atoms with Crippen LogP contribution in [0.2, 0.25) is 0 Å². The molecule has 0 amide bonds. The molecule has 1 rings (SSSR count). The number of nitrogens with two attached hydrogens (primary N) is 1. The summed E-state index contributed by atoms with van der Waals surface area (Å²) < 4.78 is 1.08. The van der Waals surface area contributed by atoms with Crippen LogP contribution in [0.1, 0.15) is 5.56 Å². The molecular formula is C9H13BrN2. The quantitative estimate of drug-likeness (QED) is 0.787. The van der Waals surface area contributed by atoms with Gasteiger partial charge in [0.25, 0.3) is 0 Å². The zero-order chi connectivity index (χ0) is 9.14. The molecule has 0 fully saturated rings. The number of hydrogen-bond acceptors (Lipinski definition) is 2. The lowest BCUT2D eigenvalue weighted by Gasteiger charge is -2.11.